The predicted molar refractivity (Wildman–Crippen MR) is 63.7 cm³/mol. The molecule has 0 bridgehead atoms. The van der Waals surface area contributed by atoms with E-state index < -0.39 is 0 Å². The van der Waals surface area contributed by atoms with E-state index in [4.69, 9.17) is 11.6 Å². The third-order valence-electron chi connectivity index (χ3n) is 2.19. The first kappa shape index (κ1) is 12.2. The summed E-state index contributed by atoms with van der Waals surface area (Å²) in [5.74, 6) is 0.114. The fraction of sp³-hybridized carbons (Fsp3) is 0.417. The average Bonchev–Trinajstić information content (AvgIpc) is 2.22. The van der Waals surface area contributed by atoms with Crippen LogP contribution in [0, 0.1) is 6.92 Å². The summed E-state index contributed by atoms with van der Waals surface area (Å²) in [6, 6.07) is 5.37. The monoisotopic (exact) mass is 225 g/mol. The fourth-order valence-electron chi connectivity index (χ4n) is 1.30. The molecule has 0 atom stereocenters. The van der Waals surface area contributed by atoms with Crippen molar-refractivity contribution in [3.05, 3.63) is 34.3 Å². The Morgan fingerprint density at radius 3 is 2.80 bits per heavy atom. The van der Waals surface area contributed by atoms with Crippen LogP contribution in [0.1, 0.15) is 29.3 Å². The second kappa shape index (κ2) is 5.89. The molecule has 15 heavy (non-hydrogen) atoms. The van der Waals surface area contributed by atoms with E-state index in [-0.39, 0.29) is 5.78 Å². The zero-order valence-electron chi connectivity index (χ0n) is 9.14. The zero-order chi connectivity index (χ0) is 11.3. The van der Waals surface area contributed by atoms with Gasteiger partial charge in [-0.15, -0.1) is 0 Å². The van der Waals surface area contributed by atoms with Crippen molar-refractivity contribution in [2.24, 2.45) is 0 Å². The topological polar surface area (TPSA) is 29.1 Å². The van der Waals surface area contributed by atoms with Crippen LogP contribution in [0.5, 0.6) is 0 Å². The minimum Gasteiger partial charge on any atom is -0.310 e. The van der Waals surface area contributed by atoms with Crippen molar-refractivity contribution >= 4 is 17.4 Å². The lowest BCUT2D eigenvalue weighted by atomic mass is 10.1. The number of carbonyl (C=O) groups excluding carboxylic acids is 1. The number of rotatable bonds is 5. The van der Waals surface area contributed by atoms with E-state index in [1.807, 2.05) is 13.0 Å². The van der Waals surface area contributed by atoms with E-state index in [0.717, 1.165) is 24.1 Å². The Labute approximate surface area is 95.6 Å². The number of halogens is 1. The molecule has 1 aromatic carbocycles. The third kappa shape index (κ3) is 3.65. The van der Waals surface area contributed by atoms with Gasteiger partial charge in [0, 0.05) is 10.6 Å². The number of Topliss-reactive ketones (excluding diaryl/α,β-unsaturated/α-hetero) is 1. The van der Waals surface area contributed by atoms with Crippen LogP contribution in [0.3, 0.4) is 0 Å². The summed E-state index contributed by atoms with van der Waals surface area (Å²) in [4.78, 5) is 11.7. The molecule has 2 nitrogen and oxygen atoms in total. The molecular formula is C12H16ClNO. The molecule has 0 heterocycles. The molecule has 3 heteroatoms. The van der Waals surface area contributed by atoms with Crippen molar-refractivity contribution in [2.75, 3.05) is 13.1 Å². The summed E-state index contributed by atoms with van der Waals surface area (Å²) in [5, 5.41) is 3.79. The maximum absolute atomic E-state index is 11.7. The molecule has 0 saturated heterocycles. The van der Waals surface area contributed by atoms with Crippen LogP contribution in [0.15, 0.2) is 18.2 Å². The van der Waals surface area contributed by atoms with Crippen molar-refractivity contribution in [1.29, 1.82) is 0 Å². The molecule has 0 aromatic heterocycles. The van der Waals surface area contributed by atoms with Gasteiger partial charge in [0.2, 0.25) is 0 Å². The highest BCUT2D eigenvalue weighted by atomic mass is 35.5. The van der Waals surface area contributed by atoms with Crippen LogP contribution in [-0.4, -0.2) is 18.9 Å². The lowest BCUT2D eigenvalue weighted by Gasteiger charge is -2.04. The third-order valence-corrected chi connectivity index (χ3v) is 2.62. The number of benzene rings is 1. The standard InChI is InChI=1S/C12H16ClNO/c1-3-6-14-8-12(15)10-4-5-11(13)9(2)7-10/h4-5,7,14H,3,6,8H2,1-2H3. The largest absolute Gasteiger partial charge is 0.310 e. The Morgan fingerprint density at radius 1 is 1.47 bits per heavy atom. The highest BCUT2D eigenvalue weighted by Crippen LogP contribution is 2.16. The number of ketones is 1. The van der Waals surface area contributed by atoms with Gasteiger partial charge in [-0.1, -0.05) is 18.5 Å². The van der Waals surface area contributed by atoms with E-state index >= 15 is 0 Å². The van der Waals surface area contributed by atoms with Crippen LogP contribution in [-0.2, 0) is 0 Å². The number of hydrogen-bond donors (Lipinski definition) is 1. The molecule has 0 spiro atoms. The molecule has 0 amide bonds. The van der Waals surface area contributed by atoms with Crippen LogP contribution < -0.4 is 5.32 Å². The minimum atomic E-state index is 0.114. The van der Waals surface area contributed by atoms with E-state index in [1.165, 1.54) is 0 Å². The minimum absolute atomic E-state index is 0.114. The summed E-state index contributed by atoms with van der Waals surface area (Å²) >= 11 is 5.89. The maximum atomic E-state index is 11.7. The lowest BCUT2D eigenvalue weighted by molar-refractivity contribution is 0.0991. The first-order chi connectivity index (χ1) is 7.15. The Kier molecular flexibility index (Phi) is 4.79. The molecular weight excluding hydrogens is 210 g/mol. The smallest absolute Gasteiger partial charge is 0.176 e. The van der Waals surface area contributed by atoms with E-state index in [1.54, 1.807) is 12.1 Å². The number of carbonyl (C=O) groups is 1. The van der Waals surface area contributed by atoms with Crippen molar-refractivity contribution in [2.45, 2.75) is 20.3 Å². The predicted octanol–water partition coefficient (Wildman–Crippen LogP) is 2.83. The van der Waals surface area contributed by atoms with E-state index in [9.17, 15) is 4.79 Å². The van der Waals surface area contributed by atoms with Gasteiger partial charge in [0.1, 0.15) is 0 Å². The van der Waals surface area contributed by atoms with Crippen LogP contribution in [0.4, 0.5) is 0 Å². The van der Waals surface area contributed by atoms with Gasteiger partial charge < -0.3 is 5.32 Å². The molecule has 1 aromatic rings. The molecule has 0 radical (unpaired) electrons. The summed E-state index contributed by atoms with van der Waals surface area (Å²) in [6.07, 6.45) is 1.03. The molecule has 82 valence electrons. The van der Waals surface area contributed by atoms with Crippen molar-refractivity contribution in [3.63, 3.8) is 0 Å². The van der Waals surface area contributed by atoms with Crippen molar-refractivity contribution < 1.29 is 4.79 Å². The van der Waals surface area contributed by atoms with Gasteiger partial charge in [-0.25, -0.2) is 0 Å². The quantitative estimate of drug-likeness (QED) is 0.617. The Balaban J connectivity index is 2.62. The van der Waals surface area contributed by atoms with Gasteiger partial charge in [-0.3, -0.25) is 4.79 Å². The Morgan fingerprint density at radius 2 is 2.20 bits per heavy atom. The fourth-order valence-corrected chi connectivity index (χ4v) is 1.42. The molecule has 0 unspecified atom stereocenters. The van der Waals surface area contributed by atoms with Crippen molar-refractivity contribution in [1.82, 2.24) is 5.32 Å². The molecule has 0 aliphatic rings. The number of nitrogens with one attached hydrogen (secondary N) is 1. The van der Waals surface area contributed by atoms with Crippen LogP contribution in [0.2, 0.25) is 5.02 Å². The SMILES string of the molecule is CCCNCC(=O)c1ccc(Cl)c(C)c1. The Hall–Kier alpha value is -0.860. The van der Waals surface area contributed by atoms with Gasteiger partial charge in [-0.2, -0.15) is 0 Å². The second-order valence-electron chi connectivity index (χ2n) is 3.56. The van der Waals surface area contributed by atoms with Crippen LogP contribution in [0.25, 0.3) is 0 Å². The summed E-state index contributed by atoms with van der Waals surface area (Å²) in [7, 11) is 0. The van der Waals surface area contributed by atoms with Gasteiger partial charge in [0.05, 0.1) is 6.54 Å². The number of hydrogen-bond acceptors (Lipinski definition) is 2. The van der Waals surface area contributed by atoms with E-state index in [0.29, 0.717) is 11.6 Å². The first-order valence-electron chi connectivity index (χ1n) is 5.15. The molecule has 1 N–H and O–H groups in total. The highest BCUT2D eigenvalue weighted by molar-refractivity contribution is 6.31. The molecule has 0 aliphatic carbocycles. The average molecular weight is 226 g/mol. The molecule has 1 rings (SSSR count). The zero-order valence-corrected chi connectivity index (χ0v) is 9.90. The summed E-state index contributed by atoms with van der Waals surface area (Å²) in [6.45, 7) is 5.25. The first-order valence-corrected chi connectivity index (χ1v) is 5.53. The highest BCUT2D eigenvalue weighted by Gasteiger charge is 2.06. The molecule has 0 aliphatic heterocycles. The summed E-state index contributed by atoms with van der Waals surface area (Å²) < 4.78 is 0. The van der Waals surface area contributed by atoms with Crippen molar-refractivity contribution in [3.8, 4) is 0 Å². The molecule has 0 fully saturated rings. The van der Waals surface area contributed by atoms with Gasteiger partial charge in [0.25, 0.3) is 0 Å². The normalized spacial score (nSPS) is 10.3. The van der Waals surface area contributed by atoms with Gasteiger partial charge in [0.15, 0.2) is 5.78 Å². The second-order valence-corrected chi connectivity index (χ2v) is 3.97. The molecule has 0 saturated carbocycles. The summed E-state index contributed by atoms with van der Waals surface area (Å²) in [5.41, 5.74) is 1.67. The van der Waals surface area contributed by atoms with Gasteiger partial charge in [-0.05, 0) is 43.7 Å². The van der Waals surface area contributed by atoms with E-state index in [2.05, 4.69) is 12.2 Å². The maximum Gasteiger partial charge on any atom is 0.176 e. The number of aryl methyl sites for hydroxylation is 1. The van der Waals surface area contributed by atoms with Gasteiger partial charge >= 0.3 is 0 Å². The van der Waals surface area contributed by atoms with Crippen LogP contribution >= 0.6 is 11.6 Å². The Bertz CT molecular complexity index is 349. The lowest BCUT2D eigenvalue weighted by Crippen LogP contribution is -2.23.